The van der Waals surface area contributed by atoms with Crippen molar-refractivity contribution in [2.75, 3.05) is 46.8 Å². The normalized spacial score (nSPS) is 12.7. The third kappa shape index (κ3) is 6.50. The fourth-order valence-electron chi connectivity index (χ4n) is 6.19. The molecule has 0 saturated carbocycles. The Morgan fingerprint density at radius 1 is 0.820 bits per heavy atom. The van der Waals surface area contributed by atoms with Crippen LogP contribution < -0.4 is 24.3 Å². The summed E-state index contributed by atoms with van der Waals surface area (Å²) in [7, 11) is 6.41. The molecule has 13 heteroatoms. The summed E-state index contributed by atoms with van der Waals surface area (Å²) in [5.41, 5.74) is 6.45. The highest BCUT2D eigenvalue weighted by atomic mass is 16.5. The van der Waals surface area contributed by atoms with E-state index in [9.17, 15) is 4.79 Å². The lowest BCUT2D eigenvalue weighted by Gasteiger charge is -2.29. The van der Waals surface area contributed by atoms with Crippen molar-refractivity contribution in [1.82, 2.24) is 35.3 Å². The molecule has 6 aromatic rings. The number of amides is 1. The van der Waals surface area contributed by atoms with Crippen molar-refractivity contribution >= 4 is 22.5 Å². The first-order valence-corrected chi connectivity index (χ1v) is 16.1. The van der Waals surface area contributed by atoms with Gasteiger partial charge in [-0.3, -0.25) is 9.69 Å². The smallest absolute Gasteiger partial charge is 0.258 e. The molecular formula is C37H36N8O5. The number of ether oxygens (including phenoxy) is 4. The van der Waals surface area contributed by atoms with Crippen LogP contribution in [0.25, 0.3) is 28.0 Å². The number of tetrazole rings is 1. The summed E-state index contributed by atoms with van der Waals surface area (Å²) >= 11 is 0. The van der Waals surface area contributed by atoms with E-state index in [-0.39, 0.29) is 5.91 Å². The molecule has 13 nitrogen and oxygen atoms in total. The molecule has 1 amide bonds. The second-order valence-corrected chi connectivity index (χ2v) is 11.8. The standard InChI is InChI=1S/C37H36N8O5/c1-47-32-17-24-14-16-44(22-25(24)18-33(32)48-2)15-13-23-9-11-26(12-10-23)45-42-36(41-43-45)28-19-34(49-3)35(50-4)20-31(28)39-37(46)29-21-38-40-30-8-6-5-7-27(29)30/h5-12,17-21H,13-16,22H2,1-4H3,(H,39,46). The van der Waals surface area contributed by atoms with E-state index in [1.165, 1.54) is 34.8 Å². The van der Waals surface area contributed by atoms with Crippen molar-refractivity contribution in [1.29, 1.82) is 0 Å². The topological polar surface area (TPSA) is 139 Å². The number of carbonyl (C=O) groups excluding carboxylic acids is 1. The fourth-order valence-corrected chi connectivity index (χ4v) is 6.19. The summed E-state index contributed by atoms with van der Waals surface area (Å²) in [6.45, 7) is 2.78. The number of hydrogen-bond acceptors (Lipinski definition) is 11. The first kappa shape index (κ1) is 32.5. The molecule has 1 aliphatic heterocycles. The Kier molecular flexibility index (Phi) is 9.21. The highest BCUT2D eigenvalue weighted by molar-refractivity contribution is 6.13. The first-order valence-electron chi connectivity index (χ1n) is 16.1. The Balaban J connectivity index is 1.07. The molecule has 0 saturated heterocycles. The number of carbonyl (C=O) groups is 1. The third-order valence-electron chi connectivity index (χ3n) is 8.90. The number of rotatable bonds is 11. The molecule has 7 rings (SSSR count). The first-order chi connectivity index (χ1) is 24.5. The van der Waals surface area contributed by atoms with Gasteiger partial charge in [0, 0.05) is 31.1 Å². The van der Waals surface area contributed by atoms with Crippen LogP contribution in [0, 0.1) is 0 Å². The molecule has 2 aromatic heterocycles. The molecule has 0 radical (unpaired) electrons. The van der Waals surface area contributed by atoms with Crippen LogP contribution in [0.15, 0.2) is 79.0 Å². The summed E-state index contributed by atoms with van der Waals surface area (Å²) in [5, 5.41) is 25.1. The van der Waals surface area contributed by atoms with Crippen molar-refractivity contribution in [3.05, 3.63) is 101 Å². The predicted octanol–water partition coefficient (Wildman–Crippen LogP) is 5.16. The van der Waals surface area contributed by atoms with Crippen LogP contribution in [-0.2, 0) is 19.4 Å². The molecule has 0 aliphatic carbocycles. The van der Waals surface area contributed by atoms with Crippen LogP contribution >= 0.6 is 0 Å². The molecule has 0 fully saturated rings. The minimum atomic E-state index is -0.374. The number of anilines is 1. The Labute approximate surface area is 288 Å². The van der Waals surface area contributed by atoms with Gasteiger partial charge in [-0.05, 0) is 71.1 Å². The zero-order valence-corrected chi connectivity index (χ0v) is 28.2. The molecule has 0 unspecified atom stereocenters. The Hall–Kier alpha value is -6.08. The van der Waals surface area contributed by atoms with Gasteiger partial charge in [-0.2, -0.15) is 10.2 Å². The quantitative estimate of drug-likeness (QED) is 0.195. The number of benzene rings is 4. The van der Waals surface area contributed by atoms with Crippen LogP contribution in [0.5, 0.6) is 23.0 Å². The Morgan fingerprint density at radius 2 is 1.52 bits per heavy atom. The highest BCUT2D eigenvalue weighted by Gasteiger charge is 2.22. The molecule has 50 heavy (non-hydrogen) atoms. The SMILES string of the molecule is COc1cc2c(cc1OC)CN(CCc1ccc(-n3nnc(-c4cc(OC)c(OC)cc4NC(=O)c4cnnc5ccccc45)n3)cc1)CC2. The van der Waals surface area contributed by atoms with Crippen LogP contribution in [0.2, 0.25) is 0 Å². The van der Waals surface area contributed by atoms with Gasteiger partial charge < -0.3 is 24.3 Å². The van der Waals surface area contributed by atoms with E-state index in [1.807, 2.05) is 30.3 Å². The van der Waals surface area contributed by atoms with Crippen molar-refractivity contribution in [3.63, 3.8) is 0 Å². The summed E-state index contributed by atoms with van der Waals surface area (Å²) < 4.78 is 22.1. The van der Waals surface area contributed by atoms with Crippen molar-refractivity contribution in [3.8, 4) is 40.1 Å². The number of aromatic nitrogens is 6. The number of nitrogens with one attached hydrogen (secondary N) is 1. The van der Waals surface area contributed by atoms with E-state index < -0.39 is 0 Å². The van der Waals surface area contributed by atoms with Gasteiger partial charge >= 0.3 is 0 Å². The number of fused-ring (bicyclic) bond motifs is 2. The van der Waals surface area contributed by atoms with Crippen LogP contribution in [0.3, 0.4) is 0 Å². The second-order valence-electron chi connectivity index (χ2n) is 11.8. The molecule has 0 atom stereocenters. The average Bonchev–Trinajstić information content (AvgIpc) is 3.66. The highest BCUT2D eigenvalue weighted by Crippen LogP contribution is 2.38. The molecule has 1 N–H and O–H groups in total. The lowest BCUT2D eigenvalue weighted by Crippen LogP contribution is -2.32. The molecular weight excluding hydrogens is 636 g/mol. The Morgan fingerprint density at radius 3 is 2.28 bits per heavy atom. The predicted molar refractivity (Wildman–Crippen MR) is 187 cm³/mol. The van der Waals surface area contributed by atoms with E-state index in [0.717, 1.165) is 49.7 Å². The Bertz CT molecular complexity index is 2160. The van der Waals surface area contributed by atoms with Crippen LogP contribution in [0.1, 0.15) is 27.0 Å². The van der Waals surface area contributed by atoms with Gasteiger partial charge in [0.2, 0.25) is 5.82 Å². The summed E-state index contributed by atoms with van der Waals surface area (Å²) in [6, 6.07) is 23.0. The molecule has 1 aliphatic rings. The maximum atomic E-state index is 13.6. The molecule has 0 spiro atoms. The maximum Gasteiger partial charge on any atom is 0.258 e. The molecule has 3 heterocycles. The van der Waals surface area contributed by atoms with E-state index >= 15 is 0 Å². The fraction of sp³-hybridized carbons (Fsp3) is 0.243. The maximum absolute atomic E-state index is 13.6. The van der Waals surface area contributed by atoms with Gasteiger partial charge in [0.15, 0.2) is 23.0 Å². The van der Waals surface area contributed by atoms with E-state index in [2.05, 4.69) is 60.1 Å². The van der Waals surface area contributed by atoms with Gasteiger partial charge in [0.1, 0.15) is 0 Å². The number of methoxy groups -OCH3 is 4. The van der Waals surface area contributed by atoms with Crippen molar-refractivity contribution in [2.45, 2.75) is 19.4 Å². The third-order valence-corrected chi connectivity index (χ3v) is 8.90. The van der Waals surface area contributed by atoms with Crippen LogP contribution in [0.4, 0.5) is 5.69 Å². The van der Waals surface area contributed by atoms with Crippen LogP contribution in [-0.4, -0.2) is 82.7 Å². The van der Waals surface area contributed by atoms with Gasteiger partial charge in [0.05, 0.1) is 62.7 Å². The van der Waals surface area contributed by atoms with Crippen molar-refractivity contribution < 1.29 is 23.7 Å². The molecule has 0 bridgehead atoms. The number of hydrogen-bond donors (Lipinski definition) is 1. The van der Waals surface area contributed by atoms with E-state index in [0.29, 0.717) is 45.0 Å². The zero-order valence-electron chi connectivity index (χ0n) is 28.2. The number of nitrogens with zero attached hydrogens (tertiary/aromatic N) is 7. The van der Waals surface area contributed by atoms with Gasteiger partial charge in [0.25, 0.3) is 5.91 Å². The zero-order chi connectivity index (χ0) is 34.6. The summed E-state index contributed by atoms with van der Waals surface area (Å²) in [4.78, 5) is 17.5. The summed E-state index contributed by atoms with van der Waals surface area (Å²) in [5.74, 6) is 2.34. The van der Waals surface area contributed by atoms with E-state index in [1.54, 1.807) is 39.5 Å². The summed E-state index contributed by atoms with van der Waals surface area (Å²) in [6.07, 6.45) is 3.31. The van der Waals surface area contributed by atoms with Gasteiger partial charge in [-0.15, -0.1) is 15.0 Å². The minimum Gasteiger partial charge on any atom is -0.493 e. The lowest BCUT2D eigenvalue weighted by atomic mass is 9.98. The minimum absolute atomic E-state index is 0.294. The average molecular weight is 673 g/mol. The van der Waals surface area contributed by atoms with Gasteiger partial charge in [-0.1, -0.05) is 30.3 Å². The monoisotopic (exact) mass is 672 g/mol. The van der Waals surface area contributed by atoms with Crippen molar-refractivity contribution in [2.24, 2.45) is 0 Å². The van der Waals surface area contributed by atoms with E-state index in [4.69, 9.17) is 18.9 Å². The van der Waals surface area contributed by atoms with Gasteiger partial charge in [-0.25, -0.2) is 0 Å². The largest absolute Gasteiger partial charge is 0.493 e. The molecule has 4 aromatic carbocycles. The molecule has 254 valence electrons. The lowest BCUT2D eigenvalue weighted by molar-refractivity contribution is 0.102. The second kappa shape index (κ2) is 14.2.